The lowest BCUT2D eigenvalue weighted by atomic mass is 9.98. The topological polar surface area (TPSA) is 30.5 Å². The minimum absolute atomic E-state index is 0.0851. The molecule has 0 aromatic heterocycles. The van der Waals surface area contributed by atoms with Gasteiger partial charge in [0.15, 0.2) is 6.29 Å². The summed E-state index contributed by atoms with van der Waals surface area (Å²) in [7, 11) is 0. The zero-order valence-corrected chi connectivity index (χ0v) is 11.2. The van der Waals surface area contributed by atoms with E-state index < -0.39 is 0 Å². The van der Waals surface area contributed by atoms with Crippen molar-refractivity contribution in [2.24, 2.45) is 11.8 Å². The van der Waals surface area contributed by atoms with E-state index in [-0.39, 0.29) is 6.29 Å². The second-order valence-electron chi connectivity index (χ2n) is 4.77. The Morgan fingerprint density at radius 1 is 1.12 bits per heavy atom. The molecule has 96 valence electrons. The molecule has 1 aliphatic rings. The Hall–Kier alpha value is -0.120. The van der Waals surface area contributed by atoms with Crippen LogP contribution in [-0.4, -0.2) is 32.1 Å². The smallest absolute Gasteiger partial charge is 0.169 e. The molecule has 3 nitrogen and oxygen atoms in total. The molecule has 0 aromatic rings. The van der Waals surface area contributed by atoms with Crippen LogP contribution >= 0.6 is 0 Å². The van der Waals surface area contributed by atoms with Gasteiger partial charge in [-0.05, 0) is 38.5 Å². The van der Waals surface area contributed by atoms with Gasteiger partial charge in [0.2, 0.25) is 0 Å². The van der Waals surface area contributed by atoms with E-state index in [1.165, 1.54) is 12.8 Å². The molecule has 1 fully saturated rings. The molecule has 0 aliphatic heterocycles. The van der Waals surface area contributed by atoms with E-state index in [2.05, 4.69) is 19.2 Å². The summed E-state index contributed by atoms with van der Waals surface area (Å²) >= 11 is 0. The quantitative estimate of drug-likeness (QED) is 0.680. The lowest BCUT2D eigenvalue weighted by Crippen LogP contribution is -2.39. The SMILES string of the molecule is CCOC(CNC1CCC(C)C1C)OCC. The fourth-order valence-corrected chi connectivity index (χ4v) is 2.44. The van der Waals surface area contributed by atoms with Crippen molar-refractivity contribution in [3.63, 3.8) is 0 Å². The number of ether oxygens (including phenoxy) is 2. The lowest BCUT2D eigenvalue weighted by molar-refractivity contribution is -0.134. The van der Waals surface area contributed by atoms with Crippen LogP contribution in [0, 0.1) is 11.8 Å². The molecule has 0 saturated heterocycles. The summed E-state index contributed by atoms with van der Waals surface area (Å²) in [6, 6.07) is 0.637. The van der Waals surface area contributed by atoms with Crippen LogP contribution in [0.3, 0.4) is 0 Å². The second kappa shape index (κ2) is 7.25. The largest absolute Gasteiger partial charge is 0.352 e. The normalized spacial score (nSPS) is 30.2. The van der Waals surface area contributed by atoms with Gasteiger partial charge in [0.05, 0.1) is 0 Å². The molecular formula is C13H27NO2. The standard InChI is InChI=1S/C13H27NO2/c1-5-15-13(16-6-2)9-14-12-8-7-10(3)11(12)4/h10-14H,5-9H2,1-4H3. The van der Waals surface area contributed by atoms with Gasteiger partial charge in [0.25, 0.3) is 0 Å². The summed E-state index contributed by atoms with van der Waals surface area (Å²) in [6.45, 7) is 10.9. The maximum Gasteiger partial charge on any atom is 0.169 e. The van der Waals surface area contributed by atoms with E-state index >= 15 is 0 Å². The molecule has 0 radical (unpaired) electrons. The second-order valence-corrected chi connectivity index (χ2v) is 4.77. The summed E-state index contributed by atoms with van der Waals surface area (Å²) in [5.41, 5.74) is 0. The highest BCUT2D eigenvalue weighted by Gasteiger charge is 2.29. The van der Waals surface area contributed by atoms with Crippen LogP contribution in [0.1, 0.15) is 40.5 Å². The Bertz CT molecular complexity index is 181. The maximum atomic E-state index is 5.52. The third-order valence-corrected chi connectivity index (χ3v) is 3.72. The molecule has 0 spiro atoms. The van der Waals surface area contributed by atoms with E-state index in [4.69, 9.17) is 9.47 Å². The van der Waals surface area contributed by atoms with Crippen molar-refractivity contribution < 1.29 is 9.47 Å². The summed E-state index contributed by atoms with van der Waals surface area (Å²) < 4.78 is 11.0. The van der Waals surface area contributed by atoms with Crippen LogP contribution < -0.4 is 5.32 Å². The highest BCUT2D eigenvalue weighted by molar-refractivity contribution is 4.84. The van der Waals surface area contributed by atoms with Crippen molar-refractivity contribution in [1.82, 2.24) is 5.32 Å². The van der Waals surface area contributed by atoms with E-state index in [0.29, 0.717) is 19.3 Å². The summed E-state index contributed by atoms with van der Waals surface area (Å²) in [6.07, 6.45) is 2.54. The first-order valence-electron chi connectivity index (χ1n) is 6.65. The average molecular weight is 229 g/mol. The van der Waals surface area contributed by atoms with E-state index in [9.17, 15) is 0 Å². The van der Waals surface area contributed by atoms with Gasteiger partial charge in [-0.2, -0.15) is 0 Å². The average Bonchev–Trinajstić information content (AvgIpc) is 2.58. The minimum Gasteiger partial charge on any atom is -0.352 e. The Morgan fingerprint density at radius 3 is 2.19 bits per heavy atom. The minimum atomic E-state index is -0.0851. The number of hydrogen-bond donors (Lipinski definition) is 1. The van der Waals surface area contributed by atoms with Crippen LogP contribution in [0.4, 0.5) is 0 Å². The molecule has 1 saturated carbocycles. The first-order valence-corrected chi connectivity index (χ1v) is 6.65. The molecule has 0 amide bonds. The molecule has 16 heavy (non-hydrogen) atoms. The van der Waals surface area contributed by atoms with Crippen LogP contribution in [0.5, 0.6) is 0 Å². The third kappa shape index (κ3) is 4.04. The summed E-state index contributed by atoms with van der Waals surface area (Å²) in [5, 5.41) is 3.58. The van der Waals surface area contributed by atoms with Crippen LogP contribution in [0.2, 0.25) is 0 Å². The molecule has 1 rings (SSSR count). The van der Waals surface area contributed by atoms with Gasteiger partial charge in [-0.3, -0.25) is 0 Å². The fraction of sp³-hybridized carbons (Fsp3) is 1.00. The van der Waals surface area contributed by atoms with Gasteiger partial charge in [-0.25, -0.2) is 0 Å². The van der Waals surface area contributed by atoms with Crippen molar-refractivity contribution >= 4 is 0 Å². The molecule has 1 aliphatic carbocycles. The molecule has 1 N–H and O–H groups in total. The number of nitrogens with one attached hydrogen (secondary N) is 1. The van der Waals surface area contributed by atoms with Gasteiger partial charge in [-0.15, -0.1) is 0 Å². The highest BCUT2D eigenvalue weighted by Crippen LogP contribution is 2.30. The molecule has 3 heteroatoms. The number of hydrogen-bond acceptors (Lipinski definition) is 3. The van der Waals surface area contributed by atoms with E-state index in [1.54, 1.807) is 0 Å². The molecule has 3 unspecified atom stereocenters. The monoisotopic (exact) mass is 229 g/mol. The Kier molecular flexibility index (Phi) is 6.32. The summed E-state index contributed by atoms with van der Waals surface area (Å²) in [4.78, 5) is 0. The summed E-state index contributed by atoms with van der Waals surface area (Å²) in [5.74, 6) is 1.61. The third-order valence-electron chi connectivity index (χ3n) is 3.72. The van der Waals surface area contributed by atoms with Crippen molar-refractivity contribution in [2.75, 3.05) is 19.8 Å². The van der Waals surface area contributed by atoms with Gasteiger partial charge in [0, 0.05) is 25.8 Å². The van der Waals surface area contributed by atoms with Crippen molar-refractivity contribution in [2.45, 2.75) is 52.9 Å². The molecule has 0 aromatic carbocycles. The zero-order chi connectivity index (χ0) is 12.0. The molecule has 3 atom stereocenters. The Labute approximate surface area is 99.9 Å². The predicted octanol–water partition coefficient (Wildman–Crippen LogP) is 2.41. The number of rotatable bonds is 7. The Balaban J connectivity index is 2.26. The van der Waals surface area contributed by atoms with Crippen molar-refractivity contribution in [3.8, 4) is 0 Å². The molecular weight excluding hydrogens is 202 g/mol. The van der Waals surface area contributed by atoms with Gasteiger partial charge >= 0.3 is 0 Å². The first-order chi connectivity index (χ1) is 7.69. The maximum absolute atomic E-state index is 5.52. The van der Waals surface area contributed by atoms with Crippen molar-refractivity contribution in [3.05, 3.63) is 0 Å². The molecule has 0 heterocycles. The molecule has 0 bridgehead atoms. The van der Waals surface area contributed by atoms with Crippen LogP contribution in [-0.2, 0) is 9.47 Å². The van der Waals surface area contributed by atoms with E-state index in [0.717, 1.165) is 18.4 Å². The first kappa shape index (κ1) is 13.9. The van der Waals surface area contributed by atoms with E-state index in [1.807, 2.05) is 13.8 Å². The fourth-order valence-electron chi connectivity index (χ4n) is 2.44. The van der Waals surface area contributed by atoms with Gasteiger partial charge in [0.1, 0.15) is 0 Å². The predicted molar refractivity (Wildman–Crippen MR) is 66.4 cm³/mol. The zero-order valence-electron chi connectivity index (χ0n) is 11.2. The van der Waals surface area contributed by atoms with Crippen LogP contribution in [0.15, 0.2) is 0 Å². The lowest BCUT2D eigenvalue weighted by Gasteiger charge is -2.23. The van der Waals surface area contributed by atoms with Crippen LogP contribution in [0.25, 0.3) is 0 Å². The van der Waals surface area contributed by atoms with Gasteiger partial charge < -0.3 is 14.8 Å². The Morgan fingerprint density at radius 2 is 1.75 bits per heavy atom. The highest BCUT2D eigenvalue weighted by atomic mass is 16.7. The van der Waals surface area contributed by atoms with Crippen molar-refractivity contribution in [1.29, 1.82) is 0 Å². The van der Waals surface area contributed by atoms with Gasteiger partial charge in [-0.1, -0.05) is 13.8 Å².